The van der Waals surface area contributed by atoms with Gasteiger partial charge in [-0.15, -0.1) is 4.68 Å². The number of aliphatic hydroxyl groups is 1. The van der Waals surface area contributed by atoms with Crippen molar-refractivity contribution in [1.29, 1.82) is 0 Å². The van der Waals surface area contributed by atoms with Crippen LogP contribution in [0, 0.1) is 10.1 Å². The SMILES string of the molecule is O=[N+]([O-])c1cc(CO)n(C(F)F)n1. The lowest BCUT2D eigenvalue weighted by atomic mass is 10.4. The molecule has 72 valence electrons. The molecule has 0 aliphatic rings. The third kappa shape index (κ3) is 1.78. The molecule has 6 nitrogen and oxygen atoms in total. The molecular weight excluding hydrogens is 188 g/mol. The molecular formula is C5H5F2N3O3. The summed E-state index contributed by atoms with van der Waals surface area (Å²) in [4.78, 5) is 9.20. The van der Waals surface area contributed by atoms with Gasteiger partial charge in [0.25, 0.3) is 0 Å². The Bertz CT molecular complexity index is 325. The minimum absolute atomic E-state index is 0.109. The van der Waals surface area contributed by atoms with E-state index in [9.17, 15) is 18.9 Å². The van der Waals surface area contributed by atoms with Gasteiger partial charge in [-0.05, 0) is 4.92 Å². The van der Waals surface area contributed by atoms with Gasteiger partial charge in [0.2, 0.25) is 0 Å². The van der Waals surface area contributed by atoms with Gasteiger partial charge >= 0.3 is 12.4 Å². The molecule has 1 heterocycles. The Kier molecular flexibility index (Phi) is 2.52. The maximum Gasteiger partial charge on any atom is 0.390 e. The lowest BCUT2D eigenvalue weighted by molar-refractivity contribution is -0.390. The highest BCUT2D eigenvalue weighted by Gasteiger charge is 2.22. The van der Waals surface area contributed by atoms with E-state index in [0.29, 0.717) is 0 Å². The molecule has 0 amide bonds. The molecule has 1 aromatic heterocycles. The number of hydrogen-bond donors (Lipinski definition) is 1. The maximum atomic E-state index is 12.1. The normalized spacial score (nSPS) is 10.8. The van der Waals surface area contributed by atoms with E-state index in [4.69, 9.17) is 5.11 Å². The Hall–Kier alpha value is -1.57. The molecule has 13 heavy (non-hydrogen) atoms. The Morgan fingerprint density at radius 2 is 2.38 bits per heavy atom. The van der Waals surface area contributed by atoms with E-state index in [-0.39, 0.29) is 10.4 Å². The fourth-order valence-corrected chi connectivity index (χ4v) is 0.795. The smallest absolute Gasteiger partial charge is 0.390 e. The van der Waals surface area contributed by atoms with E-state index < -0.39 is 23.9 Å². The Morgan fingerprint density at radius 1 is 1.77 bits per heavy atom. The standard InChI is InChI=1S/C5H5F2N3O3/c6-5(7)9-3(2-11)1-4(8-9)10(12)13/h1,5,11H,2H2. The van der Waals surface area contributed by atoms with Crippen molar-refractivity contribution in [2.45, 2.75) is 13.2 Å². The average Bonchev–Trinajstić information content (AvgIpc) is 2.47. The van der Waals surface area contributed by atoms with E-state index in [0.717, 1.165) is 6.07 Å². The minimum Gasteiger partial charge on any atom is -0.390 e. The van der Waals surface area contributed by atoms with Crippen molar-refractivity contribution >= 4 is 5.82 Å². The van der Waals surface area contributed by atoms with Gasteiger partial charge in [-0.3, -0.25) is 0 Å². The summed E-state index contributed by atoms with van der Waals surface area (Å²) >= 11 is 0. The largest absolute Gasteiger partial charge is 0.390 e. The van der Waals surface area contributed by atoms with Crippen LogP contribution in [-0.2, 0) is 6.61 Å². The first kappa shape index (κ1) is 9.52. The molecule has 8 heteroatoms. The van der Waals surface area contributed by atoms with Crippen LogP contribution in [0.1, 0.15) is 12.2 Å². The number of aliphatic hydroxyl groups excluding tert-OH is 1. The number of aromatic nitrogens is 2. The van der Waals surface area contributed by atoms with Crippen molar-refractivity contribution in [2.75, 3.05) is 0 Å². The van der Waals surface area contributed by atoms with Crippen LogP contribution < -0.4 is 0 Å². The second kappa shape index (κ2) is 3.44. The van der Waals surface area contributed by atoms with Gasteiger partial charge in [0.05, 0.1) is 17.8 Å². The van der Waals surface area contributed by atoms with Crippen LogP contribution in [0.5, 0.6) is 0 Å². The second-order valence-electron chi connectivity index (χ2n) is 2.13. The molecule has 0 bridgehead atoms. The fraction of sp³-hybridized carbons (Fsp3) is 0.400. The summed E-state index contributed by atoms with van der Waals surface area (Å²) in [6, 6.07) is 0.798. The molecule has 1 N–H and O–H groups in total. The van der Waals surface area contributed by atoms with Crippen molar-refractivity contribution in [1.82, 2.24) is 9.78 Å². The lowest BCUT2D eigenvalue weighted by Crippen LogP contribution is -2.05. The van der Waals surface area contributed by atoms with Crippen molar-refractivity contribution in [2.24, 2.45) is 0 Å². The zero-order chi connectivity index (χ0) is 10.0. The monoisotopic (exact) mass is 193 g/mol. The highest BCUT2D eigenvalue weighted by molar-refractivity contribution is 5.21. The number of halogens is 2. The molecule has 0 atom stereocenters. The van der Waals surface area contributed by atoms with E-state index in [2.05, 4.69) is 5.10 Å². The van der Waals surface area contributed by atoms with Gasteiger partial charge < -0.3 is 15.2 Å². The van der Waals surface area contributed by atoms with Gasteiger partial charge in [-0.1, -0.05) is 0 Å². The van der Waals surface area contributed by atoms with Crippen LogP contribution in [0.4, 0.5) is 14.6 Å². The molecule has 0 aliphatic heterocycles. The predicted molar refractivity (Wildman–Crippen MR) is 36.1 cm³/mol. The van der Waals surface area contributed by atoms with E-state index in [1.54, 1.807) is 0 Å². The summed E-state index contributed by atoms with van der Waals surface area (Å²) in [5.74, 6) is -0.704. The van der Waals surface area contributed by atoms with Crippen molar-refractivity contribution < 1.29 is 18.8 Å². The molecule has 1 aromatic rings. The van der Waals surface area contributed by atoms with E-state index >= 15 is 0 Å². The van der Waals surface area contributed by atoms with Crippen LogP contribution in [-0.4, -0.2) is 19.8 Å². The summed E-state index contributed by atoms with van der Waals surface area (Å²) in [6.45, 7) is -3.71. The minimum atomic E-state index is -2.99. The third-order valence-corrected chi connectivity index (χ3v) is 1.33. The first-order valence-electron chi connectivity index (χ1n) is 3.18. The molecule has 0 unspecified atom stereocenters. The molecule has 0 aromatic carbocycles. The number of nitrogens with zero attached hydrogens (tertiary/aromatic N) is 3. The van der Waals surface area contributed by atoms with Crippen LogP contribution in [0.25, 0.3) is 0 Å². The van der Waals surface area contributed by atoms with E-state index in [1.165, 1.54) is 0 Å². The zero-order valence-electron chi connectivity index (χ0n) is 6.22. The number of rotatable bonds is 3. The molecule has 1 rings (SSSR count). The average molecular weight is 193 g/mol. The van der Waals surface area contributed by atoms with Gasteiger partial charge in [0, 0.05) is 0 Å². The summed E-state index contributed by atoms with van der Waals surface area (Å²) in [6.07, 6.45) is 0. The van der Waals surface area contributed by atoms with Gasteiger partial charge in [-0.25, -0.2) is 0 Å². The molecule has 0 spiro atoms. The van der Waals surface area contributed by atoms with Gasteiger partial charge in [0.1, 0.15) is 5.69 Å². The summed E-state index contributed by atoms with van der Waals surface area (Å²) in [5.41, 5.74) is -0.290. The van der Waals surface area contributed by atoms with Crippen molar-refractivity contribution in [3.05, 3.63) is 21.9 Å². The van der Waals surface area contributed by atoms with Gasteiger partial charge in [-0.2, -0.15) is 8.78 Å². The Morgan fingerprint density at radius 3 is 2.69 bits per heavy atom. The molecule has 0 saturated carbocycles. The summed E-state index contributed by atoms with van der Waals surface area (Å²) in [7, 11) is 0. The zero-order valence-corrected chi connectivity index (χ0v) is 6.22. The van der Waals surface area contributed by atoms with Crippen LogP contribution in [0.2, 0.25) is 0 Å². The van der Waals surface area contributed by atoms with Gasteiger partial charge in [0.15, 0.2) is 0 Å². The summed E-state index contributed by atoms with van der Waals surface area (Å²) < 4.78 is 24.2. The number of hydrogen-bond acceptors (Lipinski definition) is 4. The molecule has 0 aliphatic carbocycles. The Labute approximate surface area is 70.5 Å². The topological polar surface area (TPSA) is 81.2 Å². The van der Waals surface area contributed by atoms with Crippen LogP contribution in [0.3, 0.4) is 0 Å². The third-order valence-electron chi connectivity index (χ3n) is 1.33. The number of nitro groups is 1. The van der Waals surface area contributed by atoms with Crippen LogP contribution in [0.15, 0.2) is 6.07 Å². The fourth-order valence-electron chi connectivity index (χ4n) is 0.795. The van der Waals surface area contributed by atoms with E-state index in [1.807, 2.05) is 0 Å². The number of alkyl halides is 2. The Balaban J connectivity index is 3.11. The molecule has 0 fully saturated rings. The van der Waals surface area contributed by atoms with Crippen molar-refractivity contribution in [3.63, 3.8) is 0 Å². The highest BCUT2D eigenvalue weighted by Crippen LogP contribution is 2.18. The predicted octanol–water partition coefficient (Wildman–Crippen LogP) is 0.679. The second-order valence-corrected chi connectivity index (χ2v) is 2.13. The van der Waals surface area contributed by atoms with Crippen molar-refractivity contribution in [3.8, 4) is 0 Å². The molecule has 0 saturated heterocycles. The maximum absolute atomic E-state index is 12.1. The first-order chi connectivity index (χ1) is 6.06. The molecule has 0 radical (unpaired) electrons. The lowest BCUT2D eigenvalue weighted by Gasteiger charge is -1.95. The quantitative estimate of drug-likeness (QED) is 0.565. The summed E-state index contributed by atoms with van der Waals surface area (Å²) in [5, 5.41) is 21.6. The first-order valence-corrected chi connectivity index (χ1v) is 3.18. The van der Waals surface area contributed by atoms with Crippen LogP contribution >= 0.6 is 0 Å². The highest BCUT2D eigenvalue weighted by atomic mass is 19.3.